The molecule has 1 N–H and O–H groups in total. The first kappa shape index (κ1) is 14.1. The highest BCUT2D eigenvalue weighted by Gasteiger charge is 2.21. The molecule has 6 heteroatoms. The molecule has 2 amide bonds. The minimum absolute atomic E-state index is 0.124. The van der Waals surface area contributed by atoms with Gasteiger partial charge in [-0.1, -0.05) is 6.07 Å². The molecule has 112 valence electrons. The summed E-state index contributed by atoms with van der Waals surface area (Å²) < 4.78 is 5.55. The number of nitrogens with zero attached hydrogens (tertiary/aromatic N) is 2. The van der Waals surface area contributed by atoms with E-state index in [0.717, 1.165) is 0 Å². The minimum Gasteiger partial charge on any atom is -0.491 e. The van der Waals surface area contributed by atoms with Crippen molar-refractivity contribution in [3.63, 3.8) is 0 Å². The standard InChI is InChI=1S/C16H15N3O3/c1-19-8-9-22-14-6-5-11(10-12(14)16(19)21)18-15(20)13-4-2-3-7-17-13/h2-7,10H,8-9H2,1H3,(H,18,20). The highest BCUT2D eigenvalue weighted by molar-refractivity contribution is 6.04. The van der Waals surface area contributed by atoms with Crippen LogP contribution in [0.15, 0.2) is 42.6 Å². The van der Waals surface area contributed by atoms with Crippen LogP contribution in [-0.4, -0.2) is 41.9 Å². The first-order chi connectivity index (χ1) is 10.6. The maximum absolute atomic E-state index is 12.3. The van der Waals surface area contributed by atoms with Crippen LogP contribution in [-0.2, 0) is 0 Å². The van der Waals surface area contributed by atoms with Crippen molar-refractivity contribution in [1.82, 2.24) is 9.88 Å². The summed E-state index contributed by atoms with van der Waals surface area (Å²) in [6.07, 6.45) is 1.55. The number of hydrogen-bond acceptors (Lipinski definition) is 4. The summed E-state index contributed by atoms with van der Waals surface area (Å²) >= 11 is 0. The van der Waals surface area contributed by atoms with Gasteiger partial charge in [0.05, 0.1) is 12.1 Å². The van der Waals surface area contributed by atoms with Crippen molar-refractivity contribution in [2.24, 2.45) is 0 Å². The summed E-state index contributed by atoms with van der Waals surface area (Å²) in [6.45, 7) is 0.984. The highest BCUT2D eigenvalue weighted by atomic mass is 16.5. The van der Waals surface area contributed by atoms with Gasteiger partial charge in [-0.3, -0.25) is 14.6 Å². The van der Waals surface area contributed by atoms with Gasteiger partial charge in [-0.2, -0.15) is 0 Å². The number of fused-ring (bicyclic) bond motifs is 1. The zero-order valence-corrected chi connectivity index (χ0v) is 12.1. The van der Waals surface area contributed by atoms with Crippen LogP contribution in [0.4, 0.5) is 5.69 Å². The molecule has 1 aliphatic rings. The number of aromatic nitrogens is 1. The molecule has 2 heterocycles. The fourth-order valence-corrected chi connectivity index (χ4v) is 2.19. The van der Waals surface area contributed by atoms with Crippen molar-refractivity contribution < 1.29 is 14.3 Å². The van der Waals surface area contributed by atoms with Crippen LogP contribution >= 0.6 is 0 Å². The molecule has 22 heavy (non-hydrogen) atoms. The maximum atomic E-state index is 12.3. The van der Waals surface area contributed by atoms with Gasteiger partial charge in [-0.15, -0.1) is 0 Å². The van der Waals surface area contributed by atoms with Crippen LogP contribution in [0.1, 0.15) is 20.8 Å². The lowest BCUT2D eigenvalue weighted by atomic mass is 10.1. The number of carbonyl (C=O) groups excluding carboxylic acids is 2. The van der Waals surface area contributed by atoms with Crippen LogP contribution in [0.5, 0.6) is 5.75 Å². The van der Waals surface area contributed by atoms with E-state index in [1.54, 1.807) is 54.5 Å². The van der Waals surface area contributed by atoms with E-state index in [2.05, 4.69) is 10.3 Å². The number of pyridine rings is 1. The number of hydrogen-bond donors (Lipinski definition) is 1. The van der Waals surface area contributed by atoms with Gasteiger partial charge in [0.25, 0.3) is 11.8 Å². The molecule has 0 bridgehead atoms. The van der Waals surface area contributed by atoms with Crippen molar-refractivity contribution in [2.75, 3.05) is 25.5 Å². The molecule has 1 aromatic heterocycles. The Bertz CT molecular complexity index is 716. The third-order valence-corrected chi connectivity index (χ3v) is 3.40. The Morgan fingerprint density at radius 3 is 2.95 bits per heavy atom. The van der Waals surface area contributed by atoms with E-state index in [1.807, 2.05) is 0 Å². The number of anilines is 1. The fourth-order valence-electron chi connectivity index (χ4n) is 2.19. The third kappa shape index (κ3) is 2.76. The SMILES string of the molecule is CN1CCOc2ccc(NC(=O)c3ccccn3)cc2C1=O. The van der Waals surface area contributed by atoms with Gasteiger partial charge in [0.1, 0.15) is 18.1 Å². The average Bonchev–Trinajstić information content (AvgIpc) is 2.68. The first-order valence-corrected chi connectivity index (χ1v) is 6.90. The predicted octanol–water partition coefficient (Wildman–Crippen LogP) is 1.80. The maximum Gasteiger partial charge on any atom is 0.274 e. The van der Waals surface area contributed by atoms with Gasteiger partial charge in [-0.25, -0.2) is 0 Å². The van der Waals surface area contributed by atoms with Crippen molar-refractivity contribution in [1.29, 1.82) is 0 Å². The molecule has 0 unspecified atom stereocenters. The van der Waals surface area contributed by atoms with Crippen molar-refractivity contribution in [3.8, 4) is 5.75 Å². The van der Waals surface area contributed by atoms with Gasteiger partial charge in [-0.05, 0) is 30.3 Å². The summed E-state index contributed by atoms with van der Waals surface area (Å²) in [5, 5.41) is 2.74. The summed E-state index contributed by atoms with van der Waals surface area (Å²) in [5.41, 5.74) is 1.29. The lowest BCUT2D eigenvalue weighted by Gasteiger charge is -2.13. The molecule has 0 aliphatic carbocycles. The van der Waals surface area contributed by atoms with E-state index < -0.39 is 0 Å². The quantitative estimate of drug-likeness (QED) is 0.917. The van der Waals surface area contributed by atoms with Crippen LogP contribution < -0.4 is 10.1 Å². The number of amides is 2. The molecule has 3 rings (SSSR count). The van der Waals surface area contributed by atoms with Crippen LogP contribution in [0.3, 0.4) is 0 Å². The van der Waals surface area contributed by atoms with Gasteiger partial charge in [0.15, 0.2) is 0 Å². The van der Waals surface area contributed by atoms with E-state index in [0.29, 0.717) is 35.8 Å². The summed E-state index contributed by atoms with van der Waals surface area (Å²) in [5.74, 6) is 0.0857. The van der Waals surface area contributed by atoms with Gasteiger partial charge in [0, 0.05) is 18.9 Å². The molecule has 0 atom stereocenters. The molecule has 1 aliphatic heterocycles. The van der Waals surface area contributed by atoms with Crippen LogP contribution in [0, 0.1) is 0 Å². The van der Waals surface area contributed by atoms with Crippen molar-refractivity contribution in [2.45, 2.75) is 0 Å². The monoisotopic (exact) mass is 297 g/mol. The molecule has 0 saturated carbocycles. The molecule has 6 nitrogen and oxygen atoms in total. The van der Waals surface area contributed by atoms with E-state index in [9.17, 15) is 9.59 Å². The van der Waals surface area contributed by atoms with E-state index in [-0.39, 0.29) is 11.8 Å². The van der Waals surface area contributed by atoms with Crippen LogP contribution in [0.25, 0.3) is 0 Å². The average molecular weight is 297 g/mol. The van der Waals surface area contributed by atoms with Gasteiger partial charge in [0.2, 0.25) is 0 Å². The Hall–Kier alpha value is -2.89. The van der Waals surface area contributed by atoms with Gasteiger partial charge < -0.3 is 15.0 Å². The number of benzene rings is 1. The Balaban J connectivity index is 1.86. The van der Waals surface area contributed by atoms with E-state index in [1.165, 1.54) is 0 Å². The predicted molar refractivity (Wildman–Crippen MR) is 81.1 cm³/mol. The number of rotatable bonds is 2. The zero-order chi connectivity index (χ0) is 15.5. The third-order valence-electron chi connectivity index (χ3n) is 3.40. The topological polar surface area (TPSA) is 71.5 Å². The summed E-state index contributed by atoms with van der Waals surface area (Å²) in [4.78, 5) is 29.9. The lowest BCUT2D eigenvalue weighted by Crippen LogP contribution is -2.27. The molecule has 2 aromatic rings. The molecule has 0 spiro atoms. The second-order valence-corrected chi connectivity index (χ2v) is 4.96. The number of ether oxygens (including phenoxy) is 1. The Kier molecular flexibility index (Phi) is 3.74. The summed E-state index contributed by atoms with van der Waals surface area (Å²) in [7, 11) is 1.72. The fraction of sp³-hybridized carbons (Fsp3) is 0.188. The molecule has 0 fully saturated rings. The normalized spacial score (nSPS) is 13.9. The molecule has 0 radical (unpaired) electrons. The van der Waals surface area contributed by atoms with Crippen molar-refractivity contribution >= 4 is 17.5 Å². The number of carbonyl (C=O) groups is 2. The lowest BCUT2D eigenvalue weighted by molar-refractivity contribution is 0.0796. The smallest absolute Gasteiger partial charge is 0.274 e. The largest absolute Gasteiger partial charge is 0.491 e. The van der Waals surface area contributed by atoms with Gasteiger partial charge >= 0.3 is 0 Å². The molecular formula is C16H15N3O3. The zero-order valence-electron chi connectivity index (χ0n) is 12.1. The first-order valence-electron chi connectivity index (χ1n) is 6.90. The van der Waals surface area contributed by atoms with Crippen LogP contribution in [0.2, 0.25) is 0 Å². The Morgan fingerprint density at radius 2 is 2.18 bits per heavy atom. The molecular weight excluding hydrogens is 282 g/mol. The Labute approximate surface area is 127 Å². The number of nitrogens with one attached hydrogen (secondary N) is 1. The molecule has 1 aromatic carbocycles. The number of likely N-dealkylation sites (N-methyl/N-ethyl adjacent to an activating group) is 1. The second-order valence-electron chi connectivity index (χ2n) is 4.96. The minimum atomic E-state index is -0.323. The van der Waals surface area contributed by atoms with E-state index >= 15 is 0 Å². The van der Waals surface area contributed by atoms with E-state index in [4.69, 9.17) is 4.74 Å². The second kappa shape index (κ2) is 5.85. The van der Waals surface area contributed by atoms with Crippen molar-refractivity contribution in [3.05, 3.63) is 53.9 Å². The Morgan fingerprint density at radius 1 is 1.32 bits per heavy atom. The molecule has 0 saturated heterocycles. The summed E-state index contributed by atoms with van der Waals surface area (Å²) in [6, 6.07) is 10.1. The highest BCUT2D eigenvalue weighted by Crippen LogP contribution is 2.26.